The van der Waals surface area contributed by atoms with Crippen LogP contribution in [0.2, 0.25) is 0 Å². The molecule has 2 aromatic rings. The van der Waals surface area contributed by atoms with Gasteiger partial charge >= 0.3 is 6.18 Å². The number of rotatable bonds is 5. The van der Waals surface area contributed by atoms with Crippen LogP contribution in [0.3, 0.4) is 0 Å². The van der Waals surface area contributed by atoms with Crippen LogP contribution in [0.25, 0.3) is 6.08 Å². The number of hydrogen-bond acceptors (Lipinski definition) is 4. The van der Waals surface area contributed by atoms with Crippen LogP contribution in [0.4, 0.5) is 13.2 Å². The van der Waals surface area contributed by atoms with Crippen molar-refractivity contribution >= 4 is 11.9 Å². The number of ketones is 1. The van der Waals surface area contributed by atoms with Crippen LogP contribution >= 0.6 is 0 Å². The molecule has 1 aromatic heterocycles. The number of allylic oxidation sites excluding steroid dienone is 1. The molecule has 7 heteroatoms. The normalized spacial score (nSPS) is 11.7. The van der Waals surface area contributed by atoms with Crippen molar-refractivity contribution < 1.29 is 22.7 Å². The Morgan fingerprint density at radius 2 is 1.96 bits per heavy atom. The van der Waals surface area contributed by atoms with E-state index in [1.54, 1.807) is 0 Å². The summed E-state index contributed by atoms with van der Waals surface area (Å²) in [5, 5.41) is 0. The molecule has 23 heavy (non-hydrogen) atoms. The molecule has 0 saturated heterocycles. The first-order valence-corrected chi connectivity index (χ1v) is 6.64. The molecule has 0 unspecified atom stereocenters. The fourth-order valence-electron chi connectivity index (χ4n) is 1.71. The summed E-state index contributed by atoms with van der Waals surface area (Å²) in [7, 11) is 0. The van der Waals surface area contributed by atoms with Gasteiger partial charge in [0.15, 0.2) is 5.78 Å². The third-order valence-corrected chi connectivity index (χ3v) is 2.86. The van der Waals surface area contributed by atoms with Gasteiger partial charge < -0.3 is 4.74 Å². The Bertz CT molecular complexity index is 710. The first-order valence-electron chi connectivity index (χ1n) is 6.64. The summed E-state index contributed by atoms with van der Waals surface area (Å²) < 4.78 is 43.0. The van der Waals surface area contributed by atoms with Gasteiger partial charge in [-0.05, 0) is 36.8 Å². The quantitative estimate of drug-likeness (QED) is 0.788. The fraction of sp³-hybridized carbons (Fsp3) is 0.188. The lowest BCUT2D eigenvalue weighted by atomic mass is 10.1. The topological polar surface area (TPSA) is 52.1 Å². The molecule has 0 fully saturated rings. The van der Waals surface area contributed by atoms with E-state index in [0.717, 1.165) is 12.1 Å². The average molecular weight is 322 g/mol. The molecule has 0 bridgehead atoms. The Kier molecular flexibility index (Phi) is 5.10. The van der Waals surface area contributed by atoms with Crippen molar-refractivity contribution in [3.05, 3.63) is 59.6 Å². The van der Waals surface area contributed by atoms with Gasteiger partial charge in [-0.1, -0.05) is 12.1 Å². The van der Waals surface area contributed by atoms with Gasteiger partial charge in [-0.2, -0.15) is 13.2 Å². The Balaban J connectivity index is 2.08. The van der Waals surface area contributed by atoms with E-state index in [1.165, 1.54) is 43.7 Å². The molecule has 0 aliphatic carbocycles. The summed E-state index contributed by atoms with van der Waals surface area (Å²) in [5.74, 6) is 0.111. The Morgan fingerprint density at radius 1 is 1.26 bits per heavy atom. The second-order valence-electron chi connectivity index (χ2n) is 4.71. The summed E-state index contributed by atoms with van der Waals surface area (Å²) in [6, 6.07) is 4.68. The van der Waals surface area contributed by atoms with E-state index in [2.05, 4.69) is 9.97 Å². The van der Waals surface area contributed by atoms with Crippen molar-refractivity contribution in [2.75, 3.05) is 0 Å². The molecule has 0 saturated carbocycles. The maximum Gasteiger partial charge on any atom is 0.416 e. The molecule has 0 amide bonds. The van der Waals surface area contributed by atoms with Gasteiger partial charge in [0.2, 0.25) is 5.88 Å². The minimum atomic E-state index is -4.36. The third-order valence-electron chi connectivity index (χ3n) is 2.86. The third kappa shape index (κ3) is 4.91. The fourth-order valence-corrected chi connectivity index (χ4v) is 1.71. The average Bonchev–Trinajstić information content (AvgIpc) is 2.51. The number of carbonyl (C=O) groups excluding carboxylic acids is 1. The van der Waals surface area contributed by atoms with Crippen molar-refractivity contribution in [2.45, 2.75) is 19.7 Å². The summed E-state index contributed by atoms with van der Waals surface area (Å²) in [6.07, 6.45) is 1.27. The van der Waals surface area contributed by atoms with Gasteiger partial charge in [0.25, 0.3) is 0 Å². The molecular formula is C16H13F3N2O2. The predicted octanol–water partition coefficient (Wildman–Crippen LogP) is 3.68. The van der Waals surface area contributed by atoms with E-state index in [0.29, 0.717) is 11.1 Å². The number of alkyl halides is 3. The van der Waals surface area contributed by atoms with Crippen LogP contribution in [0.1, 0.15) is 23.6 Å². The molecule has 0 radical (unpaired) electrons. The SMILES string of the molecule is CC(=O)/C=C/c1cncnc1OCc1ccc(C(F)(F)F)cc1. The van der Waals surface area contributed by atoms with Gasteiger partial charge in [0.05, 0.1) is 11.1 Å². The number of carbonyl (C=O) groups is 1. The molecule has 1 aromatic carbocycles. The molecular weight excluding hydrogens is 309 g/mol. The van der Waals surface area contributed by atoms with Crippen molar-refractivity contribution in [1.29, 1.82) is 0 Å². The summed E-state index contributed by atoms with van der Waals surface area (Å²) in [5.41, 5.74) is 0.362. The van der Waals surface area contributed by atoms with Crippen LogP contribution in [-0.2, 0) is 17.6 Å². The lowest BCUT2D eigenvalue weighted by Crippen LogP contribution is -2.05. The highest BCUT2D eigenvalue weighted by molar-refractivity contribution is 5.91. The van der Waals surface area contributed by atoms with Gasteiger partial charge in [-0.3, -0.25) is 4.79 Å². The highest BCUT2D eigenvalue weighted by atomic mass is 19.4. The number of hydrogen-bond donors (Lipinski definition) is 0. The molecule has 120 valence electrons. The summed E-state index contributed by atoms with van der Waals surface area (Å²) in [6.45, 7) is 1.46. The molecule has 1 heterocycles. The molecule has 4 nitrogen and oxygen atoms in total. The number of halogens is 3. The van der Waals surface area contributed by atoms with E-state index >= 15 is 0 Å². The minimum Gasteiger partial charge on any atom is -0.472 e. The van der Waals surface area contributed by atoms with Gasteiger partial charge in [0.1, 0.15) is 12.9 Å². The van der Waals surface area contributed by atoms with Crippen molar-refractivity contribution in [3.63, 3.8) is 0 Å². The zero-order valence-electron chi connectivity index (χ0n) is 12.2. The minimum absolute atomic E-state index is 0.0516. The van der Waals surface area contributed by atoms with Gasteiger partial charge in [-0.15, -0.1) is 0 Å². The van der Waals surface area contributed by atoms with E-state index < -0.39 is 11.7 Å². The lowest BCUT2D eigenvalue weighted by Gasteiger charge is -2.09. The van der Waals surface area contributed by atoms with E-state index in [4.69, 9.17) is 4.74 Å². The van der Waals surface area contributed by atoms with E-state index in [1.807, 2.05) is 0 Å². The van der Waals surface area contributed by atoms with E-state index in [-0.39, 0.29) is 18.3 Å². The second-order valence-corrected chi connectivity index (χ2v) is 4.71. The highest BCUT2D eigenvalue weighted by Gasteiger charge is 2.29. The standard InChI is InChI=1S/C16H13F3N2O2/c1-11(22)2-5-13-8-20-10-21-15(13)23-9-12-3-6-14(7-4-12)16(17,18)19/h2-8,10H,9H2,1H3/b5-2+. The molecule has 2 rings (SSSR count). The molecule has 0 aliphatic rings. The molecule has 0 spiro atoms. The van der Waals surface area contributed by atoms with Crippen LogP contribution in [0.5, 0.6) is 5.88 Å². The molecule has 0 N–H and O–H groups in total. The smallest absolute Gasteiger partial charge is 0.416 e. The second kappa shape index (κ2) is 7.04. The van der Waals surface area contributed by atoms with Crippen LogP contribution in [-0.4, -0.2) is 15.8 Å². The zero-order chi connectivity index (χ0) is 16.9. The number of benzene rings is 1. The van der Waals surface area contributed by atoms with Crippen molar-refractivity contribution in [2.24, 2.45) is 0 Å². The van der Waals surface area contributed by atoms with Gasteiger partial charge in [-0.25, -0.2) is 9.97 Å². The lowest BCUT2D eigenvalue weighted by molar-refractivity contribution is -0.137. The van der Waals surface area contributed by atoms with E-state index in [9.17, 15) is 18.0 Å². The molecule has 0 aliphatic heterocycles. The van der Waals surface area contributed by atoms with Crippen LogP contribution in [0, 0.1) is 0 Å². The predicted molar refractivity (Wildman–Crippen MR) is 77.5 cm³/mol. The number of nitrogens with zero attached hydrogens (tertiary/aromatic N) is 2. The van der Waals surface area contributed by atoms with Crippen LogP contribution < -0.4 is 4.74 Å². The Hall–Kier alpha value is -2.70. The Labute approximate surface area is 130 Å². The highest BCUT2D eigenvalue weighted by Crippen LogP contribution is 2.29. The van der Waals surface area contributed by atoms with Gasteiger partial charge in [0, 0.05) is 6.20 Å². The first kappa shape index (κ1) is 16.7. The summed E-state index contributed by atoms with van der Waals surface area (Å²) in [4.78, 5) is 18.8. The monoisotopic (exact) mass is 322 g/mol. The van der Waals surface area contributed by atoms with Crippen LogP contribution in [0.15, 0.2) is 42.9 Å². The maximum atomic E-state index is 12.5. The maximum absolute atomic E-state index is 12.5. The zero-order valence-corrected chi connectivity index (χ0v) is 12.2. The largest absolute Gasteiger partial charge is 0.472 e. The summed E-state index contributed by atoms with van der Waals surface area (Å²) >= 11 is 0. The Morgan fingerprint density at radius 3 is 2.57 bits per heavy atom. The number of aromatic nitrogens is 2. The number of ether oxygens (including phenoxy) is 1. The van der Waals surface area contributed by atoms with Crippen molar-refractivity contribution in [3.8, 4) is 5.88 Å². The first-order chi connectivity index (χ1) is 10.9. The molecule has 0 atom stereocenters. The van der Waals surface area contributed by atoms with Crippen molar-refractivity contribution in [1.82, 2.24) is 9.97 Å².